The lowest BCUT2D eigenvalue weighted by Gasteiger charge is -2.24. The number of nitrogens with zero attached hydrogens (tertiary/aromatic N) is 3. The molecule has 0 bridgehead atoms. The highest BCUT2D eigenvalue weighted by Crippen LogP contribution is 2.36. The zero-order chi connectivity index (χ0) is 21.3. The van der Waals surface area contributed by atoms with Crippen molar-refractivity contribution < 1.29 is 24.4 Å². The smallest absolute Gasteiger partial charge is 0.170 e. The third-order valence-electron chi connectivity index (χ3n) is 5.46. The molecule has 3 aromatic rings. The number of methoxy groups -OCH3 is 1. The number of hydrogen-bond donors (Lipinski definition) is 1. The number of aromatic nitrogens is 3. The second kappa shape index (κ2) is 8.23. The Balaban J connectivity index is 1.89. The Morgan fingerprint density at radius 2 is 2.20 bits per heavy atom. The fraction of sp³-hybridized carbons (Fsp3) is 0.409. The average molecular weight is 411 g/mol. The first-order valence-corrected chi connectivity index (χ1v) is 9.80. The van der Waals surface area contributed by atoms with Crippen molar-refractivity contribution in [2.24, 2.45) is 7.05 Å². The van der Waals surface area contributed by atoms with Crippen LogP contribution in [0.4, 0.5) is 0 Å². The van der Waals surface area contributed by atoms with Crippen molar-refractivity contribution in [1.82, 2.24) is 14.5 Å². The number of ketones is 1. The van der Waals surface area contributed by atoms with Crippen molar-refractivity contribution in [3.63, 3.8) is 0 Å². The maximum absolute atomic E-state index is 11.6. The van der Waals surface area contributed by atoms with Gasteiger partial charge in [-0.25, -0.2) is 9.87 Å². The van der Waals surface area contributed by atoms with Gasteiger partial charge in [-0.2, -0.15) is 0 Å². The Kier molecular flexibility index (Phi) is 5.66. The van der Waals surface area contributed by atoms with Gasteiger partial charge in [0.15, 0.2) is 5.60 Å². The van der Waals surface area contributed by atoms with Crippen LogP contribution in [0.1, 0.15) is 30.3 Å². The highest BCUT2D eigenvalue weighted by atomic mass is 17.1. The van der Waals surface area contributed by atoms with Gasteiger partial charge in [-0.05, 0) is 30.7 Å². The zero-order valence-corrected chi connectivity index (χ0v) is 17.3. The molecule has 8 nitrogen and oxygen atoms in total. The maximum atomic E-state index is 11.6. The number of carbonyl (C=O) groups excluding carboxylic acids is 1. The largest absolute Gasteiger partial charge is 0.380 e. The molecule has 1 atom stereocenters. The monoisotopic (exact) mass is 411 g/mol. The molecule has 1 saturated heterocycles. The van der Waals surface area contributed by atoms with Gasteiger partial charge in [-0.15, -0.1) is 0 Å². The minimum atomic E-state index is -0.996. The molecule has 0 aromatic carbocycles. The lowest BCUT2D eigenvalue weighted by molar-refractivity contribution is -0.328. The van der Waals surface area contributed by atoms with Crippen LogP contribution in [0.15, 0.2) is 30.6 Å². The van der Waals surface area contributed by atoms with Crippen molar-refractivity contribution in [3.05, 3.63) is 47.5 Å². The Labute approximate surface area is 174 Å². The van der Waals surface area contributed by atoms with Gasteiger partial charge in [0, 0.05) is 49.8 Å². The summed E-state index contributed by atoms with van der Waals surface area (Å²) >= 11 is 0. The quantitative estimate of drug-likeness (QED) is 0.472. The van der Waals surface area contributed by atoms with E-state index in [4.69, 9.17) is 19.3 Å². The van der Waals surface area contributed by atoms with Crippen molar-refractivity contribution in [3.8, 4) is 11.3 Å². The van der Waals surface area contributed by atoms with E-state index in [0.29, 0.717) is 25.3 Å². The number of pyridine rings is 2. The fourth-order valence-corrected chi connectivity index (χ4v) is 3.95. The summed E-state index contributed by atoms with van der Waals surface area (Å²) in [5.74, 6) is 0.0603. The van der Waals surface area contributed by atoms with Crippen LogP contribution in [0.2, 0.25) is 0 Å². The van der Waals surface area contributed by atoms with E-state index in [2.05, 4.69) is 4.98 Å². The highest BCUT2D eigenvalue weighted by molar-refractivity contribution is 5.95. The van der Waals surface area contributed by atoms with Gasteiger partial charge in [0.05, 0.1) is 42.9 Å². The number of carbonyl (C=O) groups is 1. The average Bonchev–Trinajstić information content (AvgIpc) is 3.33. The van der Waals surface area contributed by atoms with Crippen molar-refractivity contribution in [2.45, 2.75) is 32.0 Å². The molecule has 8 heteroatoms. The van der Waals surface area contributed by atoms with Crippen molar-refractivity contribution >= 4 is 16.7 Å². The SMILES string of the molecule is COCc1cc(-c2cn(C)c3cnc(CC(C)=O)cc23)nc([C@]2(OO)CCOC2)c1. The molecule has 0 radical (unpaired) electrons. The number of Topliss-reactive ketones (excluding diaryl/α,β-unsaturated/α-hetero) is 1. The van der Waals surface area contributed by atoms with Gasteiger partial charge in [0.1, 0.15) is 5.78 Å². The van der Waals surface area contributed by atoms with Gasteiger partial charge in [0.25, 0.3) is 0 Å². The van der Waals surface area contributed by atoms with E-state index in [1.165, 1.54) is 0 Å². The second-order valence-electron chi connectivity index (χ2n) is 7.79. The summed E-state index contributed by atoms with van der Waals surface area (Å²) in [6.07, 6.45) is 4.56. The molecule has 30 heavy (non-hydrogen) atoms. The molecule has 0 spiro atoms. The van der Waals surface area contributed by atoms with Crippen LogP contribution in [0.25, 0.3) is 22.2 Å². The number of aryl methyl sites for hydroxylation is 1. The summed E-state index contributed by atoms with van der Waals surface area (Å²) in [4.78, 5) is 25.7. The predicted molar refractivity (Wildman–Crippen MR) is 110 cm³/mol. The molecular formula is C22H25N3O5. The normalized spacial score (nSPS) is 18.9. The molecule has 1 fully saturated rings. The molecule has 4 heterocycles. The molecule has 0 unspecified atom stereocenters. The van der Waals surface area contributed by atoms with Crippen molar-refractivity contribution in [2.75, 3.05) is 20.3 Å². The van der Waals surface area contributed by atoms with Crippen LogP contribution >= 0.6 is 0 Å². The number of ether oxygens (including phenoxy) is 2. The Bertz CT molecular complexity index is 1090. The van der Waals surface area contributed by atoms with E-state index < -0.39 is 5.60 Å². The van der Waals surface area contributed by atoms with Gasteiger partial charge in [-0.3, -0.25) is 15.0 Å². The zero-order valence-electron chi connectivity index (χ0n) is 17.3. The third kappa shape index (κ3) is 3.75. The second-order valence-corrected chi connectivity index (χ2v) is 7.79. The molecule has 0 amide bonds. The van der Waals surface area contributed by atoms with E-state index in [0.717, 1.165) is 33.4 Å². The van der Waals surface area contributed by atoms with Gasteiger partial charge in [0.2, 0.25) is 0 Å². The number of rotatable bonds is 7. The molecule has 0 aliphatic carbocycles. The summed E-state index contributed by atoms with van der Waals surface area (Å²) in [6, 6.07) is 5.78. The highest BCUT2D eigenvalue weighted by Gasteiger charge is 2.41. The van der Waals surface area contributed by atoms with E-state index in [1.54, 1.807) is 20.2 Å². The fourth-order valence-electron chi connectivity index (χ4n) is 3.95. The lowest BCUT2D eigenvalue weighted by Crippen LogP contribution is -2.30. The lowest BCUT2D eigenvalue weighted by atomic mass is 9.95. The Morgan fingerprint density at radius 3 is 2.87 bits per heavy atom. The maximum Gasteiger partial charge on any atom is 0.170 e. The van der Waals surface area contributed by atoms with Gasteiger partial charge in [-0.1, -0.05) is 0 Å². The van der Waals surface area contributed by atoms with E-state index in [1.807, 2.05) is 36.0 Å². The Morgan fingerprint density at radius 1 is 1.37 bits per heavy atom. The minimum Gasteiger partial charge on any atom is -0.380 e. The summed E-state index contributed by atoms with van der Waals surface area (Å²) in [5, 5.41) is 10.6. The van der Waals surface area contributed by atoms with Crippen LogP contribution in [-0.4, -0.2) is 45.9 Å². The van der Waals surface area contributed by atoms with E-state index in [9.17, 15) is 10.1 Å². The van der Waals surface area contributed by atoms with Crippen LogP contribution < -0.4 is 0 Å². The molecule has 4 rings (SSSR count). The third-order valence-corrected chi connectivity index (χ3v) is 5.46. The van der Waals surface area contributed by atoms with E-state index >= 15 is 0 Å². The molecule has 1 N–H and O–H groups in total. The van der Waals surface area contributed by atoms with Crippen molar-refractivity contribution in [1.29, 1.82) is 0 Å². The molecule has 158 valence electrons. The summed E-state index contributed by atoms with van der Waals surface area (Å²) < 4.78 is 12.8. The molecule has 0 saturated carbocycles. The number of fused-ring (bicyclic) bond motifs is 1. The molecule has 1 aliphatic rings. The Hall–Kier alpha value is -2.65. The van der Waals surface area contributed by atoms with Gasteiger partial charge >= 0.3 is 0 Å². The number of hydrogen-bond acceptors (Lipinski definition) is 7. The summed E-state index contributed by atoms with van der Waals surface area (Å²) in [6.45, 7) is 2.67. The first-order valence-electron chi connectivity index (χ1n) is 9.80. The first kappa shape index (κ1) is 20.6. The van der Waals surface area contributed by atoms with Crippen LogP contribution in [-0.2, 0) is 44.8 Å². The standard InChI is InChI=1S/C22H25N3O5/c1-14(26)6-16-9-17-18(11-25(2)20(17)10-23-16)19-7-15(12-28-3)8-21(24-19)22(30-27)4-5-29-13-22/h7-11,27H,4-6,12-13H2,1-3H3/t22-/m0/s1. The van der Waals surface area contributed by atoms with Crippen LogP contribution in [0.3, 0.4) is 0 Å². The first-order chi connectivity index (χ1) is 14.5. The molecule has 3 aromatic heterocycles. The van der Waals surface area contributed by atoms with Gasteiger partial charge < -0.3 is 14.0 Å². The molecule has 1 aliphatic heterocycles. The van der Waals surface area contributed by atoms with Crippen LogP contribution in [0.5, 0.6) is 0 Å². The predicted octanol–water partition coefficient (Wildman–Crippen LogP) is 3.02. The van der Waals surface area contributed by atoms with Crippen LogP contribution in [0, 0.1) is 0 Å². The van der Waals surface area contributed by atoms with E-state index in [-0.39, 0.29) is 18.8 Å². The summed E-state index contributed by atoms with van der Waals surface area (Å²) in [5.41, 5.74) is 3.81. The topological polar surface area (TPSA) is 95.7 Å². The summed E-state index contributed by atoms with van der Waals surface area (Å²) in [7, 11) is 3.58. The minimum absolute atomic E-state index is 0.0603. The molecular weight excluding hydrogens is 386 g/mol.